The van der Waals surface area contributed by atoms with E-state index in [-0.39, 0.29) is 11.5 Å². The van der Waals surface area contributed by atoms with E-state index in [0.717, 1.165) is 0 Å². The number of methoxy groups -OCH3 is 1. The van der Waals surface area contributed by atoms with E-state index < -0.39 is 5.82 Å². The molecular weight excluding hydrogens is 329 g/mol. The fourth-order valence-corrected chi connectivity index (χ4v) is 1.82. The number of carbonyl (C=O) groups is 1. The molecule has 0 aliphatic carbocycles. The highest BCUT2D eigenvalue weighted by atomic mass is 79.9. The lowest BCUT2D eigenvalue weighted by Gasteiger charge is -2.03. The monoisotopic (exact) mass is 341 g/mol. The Kier molecular flexibility index (Phi) is 4.86. The van der Waals surface area contributed by atoms with E-state index in [1.165, 1.54) is 24.4 Å². The Morgan fingerprint density at radius 2 is 2.35 bits per heavy atom. The highest BCUT2D eigenvalue weighted by Gasteiger charge is 2.10. The molecule has 2 rings (SSSR count). The molecule has 1 aromatic heterocycles. The SMILES string of the molecule is COCCn1cc(NC(=O)c2ccc(Br)c(F)c2)cn1. The molecule has 1 amide bonds. The second-order valence-electron chi connectivity index (χ2n) is 4.07. The topological polar surface area (TPSA) is 56.1 Å². The van der Waals surface area contributed by atoms with Crippen molar-refractivity contribution < 1.29 is 13.9 Å². The fourth-order valence-electron chi connectivity index (χ4n) is 1.58. The van der Waals surface area contributed by atoms with Crippen LogP contribution in [0.5, 0.6) is 0 Å². The second kappa shape index (κ2) is 6.62. The second-order valence-corrected chi connectivity index (χ2v) is 4.92. The lowest BCUT2D eigenvalue weighted by Crippen LogP contribution is -2.11. The van der Waals surface area contributed by atoms with E-state index >= 15 is 0 Å². The van der Waals surface area contributed by atoms with Crippen molar-refractivity contribution in [2.45, 2.75) is 6.54 Å². The molecule has 0 saturated heterocycles. The molecule has 0 fully saturated rings. The van der Waals surface area contributed by atoms with E-state index in [1.54, 1.807) is 18.0 Å². The molecule has 5 nitrogen and oxygen atoms in total. The van der Waals surface area contributed by atoms with Gasteiger partial charge in [-0.3, -0.25) is 9.48 Å². The summed E-state index contributed by atoms with van der Waals surface area (Å²) in [5.41, 5.74) is 0.796. The molecular formula is C13H13BrFN3O2. The van der Waals surface area contributed by atoms with Crippen molar-refractivity contribution in [2.24, 2.45) is 0 Å². The van der Waals surface area contributed by atoms with Gasteiger partial charge in [0.15, 0.2) is 0 Å². The van der Waals surface area contributed by atoms with Gasteiger partial charge in [-0.1, -0.05) is 0 Å². The maximum atomic E-state index is 13.4. The average molecular weight is 342 g/mol. The van der Waals surface area contributed by atoms with E-state index in [2.05, 4.69) is 26.3 Å². The number of nitrogens with one attached hydrogen (secondary N) is 1. The number of benzene rings is 1. The number of hydrogen-bond donors (Lipinski definition) is 1. The van der Waals surface area contributed by atoms with Crippen molar-refractivity contribution in [3.8, 4) is 0 Å². The quantitative estimate of drug-likeness (QED) is 0.909. The molecule has 0 spiro atoms. The van der Waals surface area contributed by atoms with E-state index in [1.807, 2.05) is 0 Å². The van der Waals surface area contributed by atoms with E-state index in [9.17, 15) is 9.18 Å². The molecule has 1 N–H and O–H groups in total. The van der Waals surface area contributed by atoms with Crippen molar-refractivity contribution in [3.05, 3.63) is 46.4 Å². The highest BCUT2D eigenvalue weighted by Crippen LogP contribution is 2.17. The third kappa shape index (κ3) is 3.64. The summed E-state index contributed by atoms with van der Waals surface area (Å²) in [6.45, 7) is 1.13. The predicted octanol–water partition coefficient (Wildman–Crippen LogP) is 2.68. The number of ether oxygens (including phenoxy) is 1. The van der Waals surface area contributed by atoms with E-state index in [4.69, 9.17) is 4.74 Å². The van der Waals surface area contributed by atoms with Crippen LogP contribution in [0.4, 0.5) is 10.1 Å². The standard InChI is InChI=1S/C13H13BrFN3O2/c1-20-5-4-18-8-10(7-16-18)17-13(19)9-2-3-11(14)12(15)6-9/h2-3,6-8H,4-5H2,1H3,(H,17,19). The molecule has 0 saturated carbocycles. The van der Waals surface area contributed by atoms with Crippen LogP contribution >= 0.6 is 15.9 Å². The van der Waals surface area contributed by atoms with Gasteiger partial charge >= 0.3 is 0 Å². The van der Waals surface area contributed by atoms with Crippen LogP contribution in [0.3, 0.4) is 0 Å². The van der Waals surface area contributed by atoms with Crippen LogP contribution in [0.1, 0.15) is 10.4 Å². The van der Waals surface area contributed by atoms with Gasteiger partial charge in [0.1, 0.15) is 5.82 Å². The largest absolute Gasteiger partial charge is 0.383 e. The average Bonchev–Trinajstić information content (AvgIpc) is 2.87. The number of hydrogen-bond acceptors (Lipinski definition) is 3. The molecule has 0 atom stereocenters. The summed E-state index contributed by atoms with van der Waals surface area (Å²) >= 11 is 3.04. The number of anilines is 1. The van der Waals surface area contributed by atoms with Crippen LogP contribution in [0.2, 0.25) is 0 Å². The highest BCUT2D eigenvalue weighted by molar-refractivity contribution is 9.10. The van der Waals surface area contributed by atoms with Crippen molar-refractivity contribution in [2.75, 3.05) is 19.0 Å². The van der Waals surface area contributed by atoms with Gasteiger partial charge in [-0.05, 0) is 34.1 Å². The zero-order valence-electron chi connectivity index (χ0n) is 10.8. The summed E-state index contributed by atoms with van der Waals surface area (Å²) in [4.78, 5) is 11.9. The van der Waals surface area contributed by atoms with Gasteiger partial charge in [-0.15, -0.1) is 0 Å². The maximum Gasteiger partial charge on any atom is 0.255 e. The molecule has 1 aromatic carbocycles. The first kappa shape index (κ1) is 14.7. The number of nitrogens with zero attached hydrogens (tertiary/aromatic N) is 2. The van der Waals surface area contributed by atoms with Crippen LogP contribution < -0.4 is 5.32 Å². The molecule has 1 heterocycles. The number of carbonyl (C=O) groups excluding carboxylic acids is 1. The summed E-state index contributed by atoms with van der Waals surface area (Å²) < 4.78 is 20.3. The first-order valence-electron chi connectivity index (χ1n) is 5.88. The number of amides is 1. The Bertz CT molecular complexity index is 615. The summed E-state index contributed by atoms with van der Waals surface area (Å²) in [5, 5.41) is 6.73. The van der Waals surface area contributed by atoms with Crippen molar-refractivity contribution in [1.82, 2.24) is 9.78 Å². The molecule has 0 radical (unpaired) electrons. The zero-order valence-corrected chi connectivity index (χ0v) is 12.4. The third-order valence-electron chi connectivity index (χ3n) is 2.60. The van der Waals surface area contributed by atoms with E-state index in [0.29, 0.717) is 23.3 Å². The first-order chi connectivity index (χ1) is 9.60. The summed E-state index contributed by atoms with van der Waals surface area (Å²) in [5.74, 6) is -0.865. The molecule has 20 heavy (non-hydrogen) atoms. The minimum atomic E-state index is -0.478. The van der Waals surface area contributed by atoms with Gasteiger partial charge in [0, 0.05) is 18.9 Å². The van der Waals surface area contributed by atoms with Crippen LogP contribution in [-0.2, 0) is 11.3 Å². The van der Waals surface area contributed by atoms with Crippen LogP contribution in [-0.4, -0.2) is 29.4 Å². The Hall–Kier alpha value is -1.73. The smallest absolute Gasteiger partial charge is 0.255 e. The Morgan fingerprint density at radius 1 is 1.55 bits per heavy atom. The van der Waals surface area contributed by atoms with Crippen LogP contribution in [0, 0.1) is 5.82 Å². The summed E-state index contributed by atoms with van der Waals surface area (Å²) in [6.07, 6.45) is 3.22. The molecule has 2 aromatic rings. The predicted molar refractivity (Wildman–Crippen MR) is 76.2 cm³/mol. The maximum absolute atomic E-state index is 13.4. The fraction of sp³-hybridized carbons (Fsp3) is 0.231. The Labute approximate surface area is 123 Å². The van der Waals surface area contributed by atoms with Crippen molar-refractivity contribution >= 4 is 27.5 Å². The third-order valence-corrected chi connectivity index (χ3v) is 3.24. The van der Waals surface area contributed by atoms with Crippen LogP contribution in [0.15, 0.2) is 35.1 Å². The zero-order chi connectivity index (χ0) is 14.5. The molecule has 0 aliphatic heterocycles. The van der Waals surface area contributed by atoms with Crippen molar-refractivity contribution in [3.63, 3.8) is 0 Å². The number of rotatable bonds is 5. The molecule has 106 valence electrons. The van der Waals surface area contributed by atoms with Gasteiger partial charge < -0.3 is 10.1 Å². The van der Waals surface area contributed by atoms with Gasteiger partial charge in [0.25, 0.3) is 5.91 Å². The number of halogens is 2. The minimum Gasteiger partial charge on any atom is -0.383 e. The lowest BCUT2D eigenvalue weighted by atomic mass is 10.2. The first-order valence-corrected chi connectivity index (χ1v) is 6.67. The molecule has 0 aliphatic rings. The molecule has 7 heteroatoms. The summed E-state index contributed by atoms with van der Waals surface area (Å²) in [7, 11) is 1.61. The van der Waals surface area contributed by atoms with Gasteiger partial charge in [0.2, 0.25) is 0 Å². The Morgan fingerprint density at radius 3 is 3.05 bits per heavy atom. The molecule has 0 bridgehead atoms. The molecule has 0 unspecified atom stereocenters. The van der Waals surface area contributed by atoms with Gasteiger partial charge in [0.05, 0.1) is 29.5 Å². The van der Waals surface area contributed by atoms with Crippen molar-refractivity contribution in [1.29, 1.82) is 0 Å². The van der Waals surface area contributed by atoms with Gasteiger partial charge in [-0.25, -0.2) is 4.39 Å². The van der Waals surface area contributed by atoms with Gasteiger partial charge in [-0.2, -0.15) is 5.10 Å². The number of aromatic nitrogens is 2. The summed E-state index contributed by atoms with van der Waals surface area (Å²) in [6, 6.07) is 4.21. The van der Waals surface area contributed by atoms with Crippen LogP contribution in [0.25, 0.3) is 0 Å². The lowest BCUT2D eigenvalue weighted by molar-refractivity contribution is 0.102. The normalized spacial score (nSPS) is 10.6. The Balaban J connectivity index is 2.03. The minimum absolute atomic E-state index is 0.246.